The first-order valence-corrected chi connectivity index (χ1v) is 11.1. The molecule has 1 aliphatic heterocycles. The van der Waals surface area contributed by atoms with E-state index >= 15 is 0 Å². The Morgan fingerprint density at radius 1 is 1.43 bits per heavy atom. The average Bonchev–Trinajstić information content (AvgIpc) is 3.31. The Kier molecular flexibility index (Phi) is 6.99. The van der Waals surface area contributed by atoms with Crippen LogP contribution < -0.4 is 5.32 Å². The quantitative estimate of drug-likeness (QED) is 0.632. The Morgan fingerprint density at radius 2 is 2.17 bits per heavy atom. The number of Topliss-reactive ketones (excluding diaryl/α,β-unsaturated/α-hetero) is 1. The van der Waals surface area contributed by atoms with Crippen molar-refractivity contribution < 1.29 is 21.9 Å². The summed E-state index contributed by atoms with van der Waals surface area (Å²) in [5, 5.41) is 11.4. The summed E-state index contributed by atoms with van der Waals surface area (Å²) in [7, 11) is -4.28. The number of rotatable bonds is 9. The van der Waals surface area contributed by atoms with Gasteiger partial charge in [0.2, 0.25) is 5.89 Å². The number of carbonyl (C=O) groups is 1. The fraction of sp³-hybridized carbons (Fsp3) is 0.450. The molecule has 160 valence electrons. The van der Waals surface area contributed by atoms with Crippen molar-refractivity contribution in [1.29, 1.82) is 5.26 Å². The highest BCUT2D eigenvalue weighted by Gasteiger charge is 2.36. The molecule has 1 aliphatic rings. The lowest BCUT2D eigenvalue weighted by Gasteiger charge is -2.22. The molecule has 3 rings (SSSR count). The summed E-state index contributed by atoms with van der Waals surface area (Å²) in [5.41, 5.74) is 1.51. The molecule has 30 heavy (non-hydrogen) atoms. The lowest BCUT2D eigenvalue weighted by molar-refractivity contribution is -0.117. The van der Waals surface area contributed by atoms with E-state index in [9.17, 15) is 13.2 Å². The predicted molar refractivity (Wildman–Crippen MR) is 108 cm³/mol. The summed E-state index contributed by atoms with van der Waals surface area (Å²) in [6.07, 6.45) is 1.55. The van der Waals surface area contributed by atoms with Gasteiger partial charge in [-0.15, -0.1) is 0 Å². The molecule has 1 aromatic carbocycles. The van der Waals surface area contributed by atoms with Crippen LogP contribution >= 0.6 is 0 Å². The van der Waals surface area contributed by atoms with Gasteiger partial charge in [0.15, 0.2) is 11.2 Å². The Balaban J connectivity index is 1.64. The average molecular weight is 433 g/mol. The number of benzene rings is 1. The van der Waals surface area contributed by atoms with Gasteiger partial charge in [-0.05, 0) is 38.8 Å². The number of nitrogens with one attached hydrogen (secondary N) is 1. The topological polar surface area (TPSA) is 126 Å². The number of hydrogen-bond acceptors (Lipinski definition) is 9. The second-order valence-corrected chi connectivity index (χ2v) is 8.68. The van der Waals surface area contributed by atoms with Crippen LogP contribution in [0.4, 0.5) is 0 Å². The third kappa shape index (κ3) is 5.12. The molecule has 2 aromatic rings. The molecule has 0 spiro atoms. The summed E-state index contributed by atoms with van der Waals surface area (Å²) in [6.45, 7) is 3.46. The van der Waals surface area contributed by atoms with Crippen molar-refractivity contribution in [2.45, 2.75) is 44.5 Å². The standard InChI is InChI=1S/C20H24N4O5S/c1-14(25)20(30(26,27)29-24-12-6-9-17(24)13-21)22-11-10-18-15(2)28-19(23-18)16-7-4-3-5-8-16/h3-5,7-8,17,20,22H,6,9-12H2,1-2H3/t17?,20-/m0/s1. The number of nitriles is 1. The summed E-state index contributed by atoms with van der Waals surface area (Å²) >= 11 is 0. The van der Waals surface area contributed by atoms with Crippen LogP contribution in [0.25, 0.3) is 11.5 Å². The zero-order chi connectivity index (χ0) is 21.7. The molecule has 2 heterocycles. The van der Waals surface area contributed by atoms with Gasteiger partial charge in [-0.3, -0.25) is 10.1 Å². The maximum atomic E-state index is 12.6. The van der Waals surface area contributed by atoms with Crippen LogP contribution in [0, 0.1) is 18.3 Å². The van der Waals surface area contributed by atoms with Crippen LogP contribution in [0.2, 0.25) is 0 Å². The highest BCUT2D eigenvalue weighted by molar-refractivity contribution is 7.88. The maximum absolute atomic E-state index is 12.6. The number of ketones is 1. The molecule has 1 aromatic heterocycles. The van der Waals surface area contributed by atoms with Crippen molar-refractivity contribution >= 4 is 15.9 Å². The van der Waals surface area contributed by atoms with Gasteiger partial charge in [-0.2, -0.15) is 23.0 Å². The van der Waals surface area contributed by atoms with Gasteiger partial charge < -0.3 is 4.42 Å². The van der Waals surface area contributed by atoms with E-state index in [1.54, 1.807) is 6.92 Å². The summed E-state index contributed by atoms with van der Waals surface area (Å²) in [5.74, 6) is 0.520. The van der Waals surface area contributed by atoms with Gasteiger partial charge >= 0.3 is 10.1 Å². The van der Waals surface area contributed by atoms with Gasteiger partial charge in [-0.25, -0.2) is 4.98 Å². The first kappa shape index (κ1) is 22.1. The molecule has 1 N–H and O–H groups in total. The Bertz CT molecular complexity index is 1030. The SMILES string of the molecule is CC(=O)[C@@H](NCCc1nc(-c2ccccc2)oc1C)S(=O)(=O)ON1CCCC1C#N. The smallest absolute Gasteiger partial charge is 0.307 e. The van der Waals surface area contributed by atoms with E-state index in [4.69, 9.17) is 14.0 Å². The molecule has 0 radical (unpaired) electrons. The lowest BCUT2D eigenvalue weighted by Crippen LogP contribution is -2.46. The third-order valence-corrected chi connectivity index (χ3v) is 6.29. The Labute approximate surface area is 175 Å². The minimum absolute atomic E-state index is 0.177. The number of aryl methyl sites for hydroxylation is 1. The minimum Gasteiger partial charge on any atom is -0.441 e. The molecule has 1 saturated heterocycles. The van der Waals surface area contributed by atoms with Crippen molar-refractivity contribution in [3.8, 4) is 17.5 Å². The van der Waals surface area contributed by atoms with Crippen LogP contribution in [0.1, 0.15) is 31.2 Å². The number of hydrogen-bond donors (Lipinski definition) is 1. The predicted octanol–water partition coefficient (Wildman–Crippen LogP) is 1.95. The molecule has 9 nitrogen and oxygen atoms in total. The zero-order valence-corrected chi connectivity index (χ0v) is 17.7. The molecule has 0 aliphatic carbocycles. The van der Waals surface area contributed by atoms with E-state index in [2.05, 4.69) is 10.3 Å². The van der Waals surface area contributed by atoms with Crippen molar-refractivity contribution in [3.63, 3.8) is 0 Å². The molecule has 0 bridgehead atoms. The van der Waals surface area contributed by atoms with E-state index in [1.165, 1.54) is 6.92 Å². The molecule has 1 fully saturated rings. The molecular formula is C20H24N4O5S. The molecular weight excluding hydrogens is 408 g/mol. The van der Waals surface area contributed by atoms with Crippen LogP contribution in [-0.4, -0.2) is 48.8 Å². The number of carbonyl (C=O) groups excluding carboxylic acids is 1. The number of oxazole rings is 1. The number of aromatic nitrogens is 1. The lowest BCUT2D eigenvalue weighted by atomic mass is 10.2. The third-order valence-electron chi connectivity index (χ3n) is 4.82. The fourth-order valence-electron chi connectivity index (χ4n) is 3.27. The zero-order valence-electron chi connectivity index (χ0n) is 16.9. The number of nitrogens with zero attached hydrogens (tertiary/aromatic N) is 3. The van der Waals surface area contributed by atoms with Gasteiger partial charge in [0.1, 0.15) is 11.8 Å². The molecule has 1 unspecified atom stereocenters. The monoisotopic (exact) mass is 432 g/mol. The van der Waals surface area contributed by atoms with Crippen LogP contribution in [0.15, 0.2) is 34.7 Å². The van der Waals surface area contributed by atoms with Gasteiger partial charge in [0.25, 0.3) is 0 Å². The maximum Gasteiger partial charge on any atom is 0.307 e. The fourth-order valence-corrected chi connectivity index (χ4v) is 4.53. The van der Waals surface area contributed by atoms with Crippen molar-refractivity contribution in [3.05, 3.63) is 41.8 Å². The van der Waals surface area contributed by atoms with Gasteiger partial charge in [0, 0.05) is 25.1 Å². The first-order valence-electron chi connectivity index (χ1n) is 9.67. The molecule has 10 heteroatoms. The van der Waals surface area contributed by atoms with E-state index in [0.29, 0.717) is 43.2 Å². The largest absolute Gasteiger partial charge is 0.441 e. The van der Waals surface area contributed by atoms with E-state index in [0.717, 1.165) is 10.6 Å². The molecule has 0 saturated carbocycles. The van der Waals surface area contributed by atoms with Gasteiger partial charge in [-0.1, -0.05) is 18.2 Å². The summed E-state index contributed by atoms with van der Waals surface area (Å²) in [4.78, 5) is 16.4. The second kappa shape index (κ2) is 9.49. The molecule has 2 atom stereocenters. The van der Waals surface area contributed by atoms with Crippen LogP contribution in [0.3, 0.4) is 0 Å². The normalized spacial score (nSPS) is 18.2. The summed E-state index contributed by atoms with van der Waals surface area (Å²) < 4.78 is 36.0. The number of hydroxylamine groups is 2. The van der Waals surface area contributed by atoms with Crippen LogP contribution in [-0.2, 0) is 25.6 Å². The van der Waals surface area contributed by atoms with Gasteiger partial charge in [0.05, 0.1) is 11.8 Å². The Hall–Kier alpha value is -2.58. The highest BCUT2D eigenvalue weighted by atomic mass is 32.2. The first-order chi connectivity index (χ1) is 14.3. The van der Waals surface area contributed by atoms with Crippen molar-refractivity contribution in [1.82, 2.24) is 15.4 Å². The Morgan fingerprint density at radius 3 is 2.83 bits per heavy atom. The van der Waals surface area contributed by atoms with E-state index in [1.807, 2.05) is 36.4 Å². The van der Waals surface area contributed by atoms with Crippen LogP contribution in [0.5, 0.6) is 0 Å². The summed E-state index contributed by atoms with van der Waals surface area (Å²) in [6, 6.07) is 10.8. The van der Waals surface area contributed by atoms with E-state index in [-0.39, 0.29) is 6.54 Å². The second-order valence-electron chi connectivity index (χ2n) is 7.08. The molecule has 0 amide bonds. The minimum atomic E-state index is -4.28. The highest BCUT2D eigenvalue weighted by Crippen LogP contribution is 2.22. The van der Waals surface area contributed by atoms with E-state index < -0.39 is 27.3 Å². The van der Waals surface area contributed by atoms with Crippen molar-refractivity contribution in [2.24, 2.45) is 0 Å². The van der Waals surface area contributed by atoms with Crippen molar-refractivity contribution in [2.75, 3.05) is 13.1 Å².